The molecule has 2 rings (SSSR count). The van der Waals surface area contributed by atoms with E-state index in [1.807, 2.05) is 31.3 Å². The van der Waals surface area contributed by atoms with Crippen LogP contribution in [0.15, 0.2) is 24.3 Å². The zero-order chi connectivity index (χ0) is 13.0. The van der Waals surface area contributed by atoms with E-state index in [0.717, 1.165) is 30.0 Å². The Kier molecular flexibility index (Phi) is 4.24. The van der Waals surface area contributed by atoms with Crippen molar-refractivity contribution in [3.8, 4) is 0 Å². The van der Waals surface area contributed by atoms with Gasteiger partial charge in [0.1, 0.15) is 0 Å². The number of benzene rings is 1. The van der Waals surface area contributed by atoms with Gasteiger partial charge in [-0.15, -0.1) is 0 Å². The molecule has 0 unspecified atom stereocenters. The van der Waals surface area contributed by atoms with Gasteiger partial charge in [0.15, 0.2) is 0 Å². The lowest BCUT2D eigenvalue weighted by Crippen LogP contribution is -2.37. The number of hydrogen-bond donors (Lipinski definition) is 2. The van der Waals surface area contributed by atoms with E-state index < -0.39 is 0 Å². The minimum absolute atomic E-state index is 0.0530. The number of carbonyl (C=O) groups is 1. The summed E-state index contributed by atoms with van der Waals surface area (Å²) in [4.78, 5) is 12.1. The van der Waals surface area contributed by atoms with Crippen molar-refractivity contribution in [1.82, 2.24) is 5.32 Å². The number of amides is 1. The van der Waals surface area contributed by atoms with E-state index in [0.29, 0.717) is 6.04 Å². The number of carbonyl (C=O) groups excluding carboxylic acids is 1. The molecule has 98 valence electrons. The lowest BCUT2D eigenvalue weighted by molar-refractivity contribution is 0.0923. The van der Waals surface area contributed by atoms with Gasteiger partial charge in [0, 0.05) is 24.3 Å². The van der Waals surface area contributed by atoms with E-state index >= 15 is 0 Å². The summed E-state index contributed by atoms with van der Waals surface area (Å²) >= 11 is 0. The van der Waals surface area contributed by atoms with Crippen molar-refractivity contribution in [3.63, 3.8) is 0 Å². The highest BCUT2D eigenvalue weighted by atomic mass is 16.1. The van der Waals surface area contributed by atoms with Crippen LogP contribution in [-0.2, 0) is 0 Å². The Morgan fingerprint density at radius 2 is 1.72 bits per heavy atom. The molecule has 1 aromatic rings. The number of anilines is 1. The third-order valence-electron chi connectivity index (χ3n) is 3.79. The van der Waals surface area contributed by atoms with E-state index in [2.05, 4.69) is 17.6 Å². The molecule has 18 heavy (non-hydrogen) atoms. The van der Waals surface area contributed by atoms with E-state index in [4.69, 9.17) is 0 Å². The Bertz CT molecular complexity index is 391. The molecule has 1 aromatic carbocycles. The fourth-order valence-corrected chi connectivity index (χ4v) is 2.46. The van der Waals surface area contributed by atoms with Crippen LogP contribution in [0.1, 0.15) is 43.0 Å². The molecule has 1 fully saturated rings. The molecule has 3 nitrogen and oxygen atoms in total. The van der Waals surface area contributed by atoms with Gasteiger partial charge in [-0.3, -0.25) is 4.79 Å². The van der Waals surface area contributed by atoms with E-state index in [9.17, 15) is 4.79 Å². The van der Waals surface area contributed by atoms with Crippen molar-refractivity contribution in [2.45, 2.75) is 38.6 Å². The van der Waals surface area contributed by atoms with Crippen molar-refractivity contribution in [2.24, 2.45) is 5.92 Å². The second-order valence-electron chi connectivity index (χ2n) is 5.26. The molecule has 0 atom stereocenters. The number of nitrogens with one attached hydrogen (secondary N) is 2. The predicted octanol–water partition coefficient (Wildman–Crippen LogP) is 3.04. The average Bonchev–Trinajstić information content (AvgIpc) is 2.41. The second-order valence-corrected chi connectivity index (χ2v) is 5.26. The summed E-state index contributed by atoms with van der Waals surface area (Å²) in [5, 5.41) is 6.18. The molecule has 0 aromatic heterocycles. The maximum Gasteiger partial charge on any atom is 0.251 e. The molecule has 0 saturated heterocycles. The minimum atomic E-state index is 0.0530. The first-order valence-corrected chi connectivity index (χ1v) is 6.77. The third kappa shape index (κ3) is 3.25. The minimum Gasteiger partial charge on any atom is -0.388 e. The topological polar surface area (TPSA) is 41.1 Å². The van der Waals surface area contributed by atoms with Gasteiger partial charge in [-0.05, 0) is 55.9 Å². The Hall–Kier alpha value is -1.51. The molecule has 0 spiro atoms. The van der Waals surface area contributed by atoms with E-state index in [1.165, 1.54) is 12.8 Å². The summed E-state index contributed by atoms with van der Waals surface area (Å²) in [7, 11) is 1.87. The molecular weight excluding hydrogens is 224 g/mol. The van der Waals surface area contributed by atoms with Crippen LogP contribution in [0.5, 0.6) is 0 Å². The summed E-state index contributed by atoms with van der Waals surface area (Å²) < 4.78 is 0. The Morgan fingerprint density at radius 1 is 1.11 bits per heavy atom. The molecule has 0 bridgehead atoms. The van der Waals surface area contributed by atoms with Gasteiger partial charge in [0.05, 0.1) is 0 Å². The summed E-state index contributed by atoms with van der Waals surface area (Å²) in [6.07, 6.45) is 4.68. The van der Waals surface area contributed by atoms with Crippen molar-refractivity contribution >= 4 is 11.6 Å². The molecule has 3 heteroatoms. The van der Waals surface area contributed by atoms with Crippen LogP contribution in [0, 0.1) is 5.92 Å². The third-order valence-corrected chi connectivity index (χ3v) is 3.79. The fraction of sp³-hybridized carbons (Fsp3) is 0.533. The predicted molar refractivity (Wildman–Crippen MR) is 74.9 cm³/mol. The summed E-state index contributed by atoms with van der Waals surface area (Å²) in [6, 6.07) is 7.95. The largest absolute Gasteiger partial charge is 0.388 e. The van der Waals surface area contributed by atoms with Gasteiger partial charge < -0.3 is 10.6 Å². The first-order valence-electron chi connectivity index (χ1n) is 6.77. The van der Waals surface area contributed by atoms with Crippen molar-refractivity contribution in [2.75, 3.05) is 12.4 Å². The molecule has 0 aliphatic heterocycles. The Morgan fingerprint density at radius 3 is 2.28 bits per heavy atom. The summed E-state index contributed by atoms with van der Waals surface area (Å²) in [6.45, 7) is 2.29. The Balaban J connectivity index is 1.90. The average molecular weight is 246 g/mol. The number of hydrogen-bond acceptors (Lipinski definition) is 2. The van der Waals surface area contributed by atoms with Gasteiger partial charge >= 0.3 is 0 Å². The molecule has 2 N–H and O–H groups in total. The molecule has 0 heterocycles. The van der Waals surface area contributed by atoms with Gasteiger partial charge in [0.25, 0.3) is 5.91 Å². The lowest BCUT2D eigenvalue weighted by Gasteiger charge is -2.26. The zero-order valence-electron chi connectivity index (χ0n) is 11.2. The molecule has 0 radical (unpaired) electrons. The quantitative estimate of drug-likeness (QED) is 0.860. The van der Waals surface area contributed by atoms with Crippen LogP contribution < -0.4 is 10.6 Å². The molecule has 1 saturated carbocycles. The van der Waals surface area contributed by atoms with Crippen LogP contribution in [0.25, 0.3) is 0 Å². The fourth-order valence-electron chi connectivity index (χ4n) is 2.46. The highest BCUT2D eigenvalue weighted by Crippen LogP contribution is 2.23. The maximum atomic E-state index is 12.1. The first-order chi connectivity index (χ1) is 8.69. The number of rotatable bonds is 3. The monoisotopic (exact) mass is 246 g/mol. The maximum absolute atomic E-state index is 12.1. The van der Waals surface area contributed by atoms with Gasteiger partial charge in [-0.1, -0.05) is 6.92 Å². The van der Waals surface area contributed by atoms with Gasteiger partial charge in [-0.2, -0.15) is 0 Å². The lowest BCUT2D eigenvalue weighted by atomic mass is 9.87. The molecular formula is C15H22N2O. The van der Waals surface area contributed by atoms with E-state index in [-0.39, 0.29) is 5.91 Å². The second kappa shape index (κ2) is 5.89. The molecule has 1 aliphatic rings. The van der Waals surface area contributed by atoms with Crippen LogP contribution in [-0.4, -0.2) is 19.0 Å². The normalized spacial score (nSPS) is 23.4. The van der Waals surface area contributed by atoms with Crippen molar-refractivity contribution in [1.29, 1.82) is 0 Å². The van der Waals surface area contributed by atoms with E-state index in [1.54, 1.807) is 0 Å². The summed E-state index contributed by atoms with van der Waals surface area (Å²) in [5.41, 5.74) is 1.77. The van der Waals surface area contributed by atoms with Crippen molar-refractivity contribution < 1.29 is 4.79 Å². The van der Waals surface area contributed by atoms with Crippen LogP contribution in [0.3, 0.4) is 0 Å². The van der Waals surface area contributed by atoms with Crippen LogP contribution >= 0.6 is 0 Å². The summed E-state index contributed by atoms with van der Waals surface area (Å²) in [5.74, 6) is 0.866. The van der Waals surface area contributed by atoms with Gasteiger partial charge in [0.2, 0.25) is 0 Å². The van der Waals surface area contributed by atoms with Crippen LogP contribution in [0.4, 0.5) is 5.69 Å². The molecule has 1 aliphatic carbocycles. The standard InChI is InChI=1S/C15H22N2O/c1-11-3-7-14(8-4-11)17-15(18)12-5-9-13(16-2)10-6-12/h5-6,9-11,14,16H,3-4,7-8H2,1-2H3,(H,17,18). The van der Waals surface area contributed by atoms with Crippen LogP contribution in [0.2, 0.25) is 0 Å². The SMILES string of the molecule is CNc1ccc(C(=O)NC2CCC(C)CC2)cc1. The van der Waals surface area contributed by atoms with Crippen molar-refractivity contribution in [3.05, 3.63) is 29.8 Å². The highest BCUT2D eigenvalue weighted by Gasteiger charge is 2.20. The Labute approximate surface area is 109 Å². The smallest absolute Gasteiger partial charge is 0.251 e. The zero-order valence-corrected chi connectivity index (χ0v) is 11.2. The highest BCUT2D eigenvalue weighted by molar-refractivity contribution is 5.94. The molecule has 1 amide bonds. The first kappa shape index (κ1) is 12.9. The van der Waals surface area contributed by atoms with Gasteiger partial charge in [-0.25, -0.2) is 0 Å².